The van der Waals surface area contributed by atoms with Gasteiger partial charge in [0.1, 0.15) is 5.78 Å². The number of carbonyl (C=O) groups is 2. The Morgan fingerprint density at radius 2 is 1.58 bits per heavy atom. The van der Waals surface area contributed by atoms with Gasteiger partial charge in [0.2, 0.25) is 5.91 Å². The summed E-state index contributed by atoms with van der Waals surface area (Å²) in [5.41, 5.74) is -0.411. The first kappa shape index (κ1) is 11.1. The summed E-state index contributed by atoms with van der Waals surface area (Å²) in [6.07, 6.45) is 0.0104. The molecule has 0 saturated heterocycles. The highest BCUT2D eigenvalue weighted by molar-refractivity contribution is 6.00. The van der Waals surface area contributed by atoms with E-state index in [1.807, 2.05) is 20.8 Å². The number of rotatable bonds is 2. The third-order valence-electron chi connectivity index (χ3n) is 1.65. The second-order valence-corrected chi connectivity index (χ2v) is 4.14. The van der Waals surface area contributed by atoms with Crippen molar-refractivity contribution in [2.24, 2.45) is 5.41 Å². The Morgan fingerprint density at radius 3 is 1.83 bits per heavy atom. The van der Waals surface area contributed by atoms with Crippen LogP contribution in [-0.2, 0) is 9.59 Å². The van der Waals surface area contributed by atoms with Gasteiger partial charge in [0, 0.05) is 19.5 Å². The van der Waals surface area contributed by atoms with Crippen LogP contribution in [0.2, 0.25) is 0 Å². The van der Waals surface area contributed by atoms with Crippen molar-refractivity contribution in [2.75, 3.05) is 14.1 Å². The normalized spacial score (nSPS) is 11.1. The van der Waals surface area contributed by atoms with Crippen LogP contribution >= 0.6 is 0 Å². The first-order valence-corrected chi connectivity index (χ1v) is 3.98. The second kappa shape index (κ2) is 3.70. The highest BCUT2D eigenvalue weighted by Gasteiger charge is 2.23. The number of nitrogens with zero attached hydrogens (tertiary/aromatic N) is 1. The van der Waals surface area contributed by atoms with Gasteiger partial charge in [-0.3, -0.25) is 9.59 Å². The van der Waals surface area contributed by atoms with E-state index in [1.54, 1.807) is 14.1 Å². The highest BCUT2D eigenvalue weighted by Crippen LogP contribution is 2.16. The Hall–Kier alpha value is -0.860. The maximum atomic E-state index is 11.3. The first-order chi connectivity index (χ1) is 5.25. The zero-order valence-electron chi connectivity index (χ0n) is 8.47. The largest absolute Gasteiger partial charge is 0.348 e. The van der Waals surface area contributed by atoms with Crippen molar-refractivity contribution in [1.29, 1.82) is 0 Å². The molecular weight excluding hydrogens is 154 g/mol. The zero-order chi connectivity index (χ0) is 9.94. The van der Waals surface area contributed by atoms with Crippen LogP contribution in [0.4, 0.5) is 0 Å². The Labute approximate surface area is 73.7 Å². The maximum Gasteiger partial charge on any atom is 0.229 e. The van der Waals surface area contributed by atoms with Crippen LogP contribution in [0.5, 0.6) is 0 Å². The summed E-state index contributed by atoms with van der Waals surface area (Å²) in [5.74, 6) is -0.142. The number of amides is 1. The molecule has 0 aromatic rings. The van der Waals surface area contributed by atoms with E-state index in [2.05, 4.69) is 0 Å². The molecule has 0 radical (unpaired) electrons. The SMILES string of the molecule is CN(C)C(=O)CC(=O)C(C)(C)C. The first-order valence-electron chi connectivity index (χ1n) is 3.98. The molecule has 0 unspecified atom stereocenters. The maximum absolute atomic E-state index is 11.3. The van der Waals surface area contributed by atoms with Crippen LogP contribution in [0.1, 0.15) is 27.2 Å². The third kappa shape index (κ3) is 3.51. The molecular formula is C9H17NO2. The molecule has 1 amide bonds. The summed E-state index contributed by atoms with van der Waals surface area (Å²) < 4.78 is 0. The molecule has 0 saturated carbocycles. The summed E-state index contributed by atoms with van der Waals surface area (Å²) in [4.78, 5) is 23.9. The summed E-state index contributed by atoms with van der Waals surface area (Å²) in [7, 11) is 3.30. The van der Waals surface area contributed by atoms with Crippen molar-refractivity contribution in [3.8, 4) is 0 Å². The van der Waals surface area contributed by atoms with Crippen molar-refractivity contribution in [3.63, 3.8) is 0 Å². The second-order valence-electron chi connectivity index (χ2n) is 4.14. The van der Waals surface area contributed by atoms with Gasteiger partial charge >= 0.3 is 0 Å². The fourth-order valence-corrected chi connectivity index (χ4v) is 0.561. The van der Waals surface area contributed by atoms with E-state index in [0.717, 1.165) is 0 Å². The van der Waals surface area contributed by atoms with E-state index in [1.165, 1.54) is 4.90 Å². The topological polar surface area (TPSA) is 37.4 Å². The molecule has 0 aliphatic rings. The summed E-state index contributed by atoms with van der Waals surface area (Å²) >= 11 is 0. The number of Topliss-reactive ketones (excluding diaryl/α,β-unsaturated/α-hetero) is 1. The van der Waals surface area contributed by atoms with Crippen LogP contribution in [0, 0.1) is 5.41 Å². The van der Waals surface area contributed by atoms with Gasteiger partial charge in [0.05, 0.1) is 6.42 Å². The third-order valence-corrected chi connectivity index (χ3v) is 1.65. The smallest absolute Gasteiger partial charge is 0.229 e. The molecule has 0 fully saturated rings. The molecule has 0 aromatic carbocycles. The van der Waals surface area contributed by atoms with Crippen molar-refractivity contribution < 1.29 is 9.59 Å². The van der Waals surface area contributed by atoms with Crippen LogP contribution in [-0.4, -0.2) is 30.7 Å². The lowest BCUT2D eigenvalue weighted by Crippen LogP contribution is -2.29. The average molecular weight is 171 g/mol. The lowest BCUT2D eigenvalue weighted by atomic mass is 9.89. The number of ketones is 1. The van der Waals surface area contributed by atoms with E-state index >= 15 is 0 Å². The van der Waals surface area contributed by atoms with E-state index < -0.39 is 5.41 Å². The zero-order valence-corrected chi connectivity index (χ0v) is 8.47. The number of hydrogen-bond acceptors (Lipinski definition) is 2. The van der Waals surface area contributed by atoms with Gasteiger partial charge in [-0.05, 0) is 0 Å². The van der Waals surface area contributed by atoms with Crippen molar-refractivity contribution in [1.82, 2.24) is 4.90 Å². The van der Waals surface area contributed by atoms with Gasteiger partial charge < -0.3 is 4.90 Å². The van der Waals surface area contributed by atoms with Crippen LogP contribution in [0.25, 0.3) is 0 Å². The summed E-state index contributed by atoms with van der Waals surface area (Å²) in [6, 6.07) is 0. The Kier molecular flexibility index (Phi) is 3.43. The Balaban J connectivity index is 4.12. The van der Waals surface area contributed by atoms with Crippen molar-refractivity contribution in [2.45, 2.75) is 27.2 Å². The van der Waals surface area contributed by atoms with Gasteiger partial charge in [0.15, 0.2) is 0 Å². The van der Waals surface area contributed by atoms with Crippen LogP contribution in [0.3, 0.4) is 0 Å². The van der Waals surface area contributed by atoms with Gasteiger partial charge in [-0.15, -0.1) is 0 Å². The van der Waals surface area contributed by atoms with Crippen molar-refractivity contribution in [3.05, 3.63) is 0 Å². The molecule has 0 aliphatic carbocycles. The fraction of sp³-hybridized carbons (Fsp3) is 0.778. The minimum Gasteiger partial charge on any atom is -0.348 e. The fourth-order valence-electron chi connectivity index (χ4n) is 0.561. The molecule has 0 aromatic heterocycles. The minimum atomic E-state index is -0.411. The standard InChI is InChI=1S/C9H17NO2/c1-9(2,3)7(11)6-8(12)10(4)5/h6H2,1-5H3. The molecule has 0 rings (SSSR count). The number of hydrogen-bond donors (Lipinski definition) is 0. The highest BCUT2D eigenvalue weighted by atomic mass is 16.2. The van der Waals surface area contributed by atoms with Gasteiger partial charge in [-0.2, -0.15) is 0 Å². The van der Waals surface area contributed by atoms with Gasteiger partial charge in [0.25, 0.3) is 0 Å². The predicted molar refractivity (Wildman–Crippen MR) is 47.8 cm³/mol. The van der Waals surface area contributed by atoms with E-state index in [-0.39, 0.29) is 18.1 Å². The average Bonchev–Trinajstić information content (AvgIpc) is 1.85. The molecule has 0 heterocycles. The molecule has 3 heteroatoms. The molecule has 0 aliphatic heterocycles. The molecule has 0 bridgehead atoms. The van der Waals surface area contributed by atoms with E-state index in [0.29, 0.717) is 0 Å². The quantitative estimate of drug-likeness (QED) is 0.583. The lowest BCUT2D eigenvalue weighted by molar-refractivity contribution is -0.136. The van der Waals surface area contributed by atoms with Gasteiger partial charge in [-0.25, -0.2) is 0 Å². The molecule has 0 atom stereocenters. The molecule has 0 N–H and O–H groups in total. The minimum absolute atomic E-state index is 0.0104. The van der Waals surface area contributed by atoms with E-state index in [9.17, 15) is 9.59 Å². The van der Waals surface area contributed by atoms with Gasteiger partial charge in [-0.1, -0.05) is 20.8 Å². The van der Waals surface area contributed by atoms with E-state index in [4.69, 9.17) is 0 Å². The molecule has 3 nitrogen and oxygen atoms in total. The summed E-state index contributed by atoms with van der Waals surface area (Å²) in [6.45, 7) is 5.45. The monoisotopic (exact) mass is 171 g/mol. The molecule has 12 heavy (non-hydrogen) atoms. The number of carbonyl (C=O) groups excluding carboxylic acids is 2. The van der Waals surface area contributed by atoms with Crippen LogP contribution in [0.15, 0.2) is 0 Å². The predicted octanol–water partition coefficient (Wildman–Crippen LogP) is 1.08. The lowest BCUT2D eigenvalue weighted by Gasteiger charge is -2.17. The van der Waals surface area contributed by atoms with Crippen LogP contribution < -0.4 is 0 Å². The van der Waals surface area contributed by atoms with Crippen molar-refractivity contribution >= 4 is 11.7 Å². The Morgan fingerprint density at radius 1 is 1.17 bits per heavy atom. The molecule has 70 valence electrons. The Bertz CT molecular complexity index is 189. The summed E-state index contributed by atoms with van der Waals surface area (Å²) in [5, 5.41) is 0. The molecule has 0 spiro atoms.